The van der Waals surface area contributed by atoms with E-state index in [-0.39, 0.29) is 12.6 Å². The lowest BCUT2D eigenvalue weighted by molar-refractivity contribution is 0.113. The van der Waals surface area contributed by atoms with Gasteiger partial charge in [-0.15, -0.1) is 0 Å². The number of nitrogens with one attached hydrogen (secondary N) is 1. The van der Waals surface area contributed by atoms with Crippen molar-refractivity contribution in [2.24, 2.45) is 0 Å². The molecule has 0 aliphatic carbocycles. The minimum atomic E-state index is -0.629. The summed E-state index contributed by atoms with van der Waals surface area (Å²) in [5.74, 6) is 0.558. The lowest BCUT2D eigenvalue weighted by atomic mass is 10.0. The van der Waals surface area contributed by atoms with E-state index in [1.807, 2.05) is 25.2 Å². The number of rotatable bonds is 7. The van der Waals surface area contributed by atoms with Gasteiger partial charge in [-0.1, -0.05) is 37.3 Å². The van der Waals surface area contributed by atoms with Gasteiger partial charge in [0.2, 0.25) is 0 Å². The maximum atomic E-state index is 9.34. The molecule has 1 aromatic rings. The summed E-state index contributed by atoms with van der Waals surface area (Å²) in [6.07, 6.45) is -0.629. The summed E-state index contributed by atoms with van der Waals surface area (Å²) in [5.41, 5.74) is 1.24. The van der Waals surface area contributed by atoms with E-state index in [2.05, 4.69) is 24.4 Å². The predicted molar refractivity (Wildman–Crippen MR) is 73.3 cm³/mol. The SMILES string of the molecule is CNC(c1ccccc1)C(C)SCC(O)CO. The summed E-state index contributed by atoms with van der Waals surface area (Å²) in [4.78, 5) is 0. The number of aliphatic hydroxyl groups is 2. The van der Waals surface area contributed by atoms with Gasteiger partial charge in [0.05, 0.1) is 12.7 Å². The zero-order valence-corrected chi connectivity index (χ0v) is 11.2. The maximum absolute atomic E-state index is 9.34. The molecule has 0 aliphatic rings. The number of aliphatic hydroxyl groups excluding tert-OH is 2. The van der Waals surface area contributed by atoms with Crippen molar-refractivity contribution in [3.8, 4) is 0 Å². The van der Waals surface area contributed by atoms with E-state index in [4.69, 9.17) is 5.11 Å². The minimum absolute atomic E-state index is 0.171. The molecule has 3 atom stereocenters. The first-order chi connectivity index (χ1) is 8.19. The first-order valence-corrected chi connectivity index (χ1v) is 6.86. The largest absolute Gasteiger partial charge is 0.394 e. The van der Waals surface area contributed by atoms with Crippen LogP contribution in [0.3, 0.4) is 0 Å². The van der Waals surface area contributed by atoms with Crippen molar-refractivity contribution in [3.63, 3.8) is 0 Å². The Morgan fingerprint density at radius 2 is 1.94 bits per heavy atom. The molecule has 0 spiro atoms. The van der Waals surface area contributed by atoms with Crippen LogP contribution in [0.5, 0.6) is 0 Å². The zero-order valence-electron chi connectivity index (χ0n) is 10.3. The lowest BCUT2D eigenvalue weighted by Gasteiger charge is -2.24. The number of hydrogen-bond acceptors (Lipinski definition) is 4. The van der Waals surface area contributed by atoms with Crippen LogP contribution >= 0.6 is 11.8 Å². The molecule has 1 rings (SSSR count). The van der Waals surface area contributed by atoms with E-state index >= 15 is 0 Å². The Labute approximate surface area is 107 Å². The highest BCUT2D eigenvalue weighted by atomic mass is 32.2. The summed E-state index contributed by atoms with van der Waals surface area (Å²) in [7, 11) is 1.94. The van der Waals surface area contributed by atoms with E-state index in [1.165, 1.54) is 5.56 Å². The fourth-order valence-corrected chi connectivity index (χ4v) is 2.86. The van der Waals surface area contributed by atoms with E-state index in [0.29, 0.717) is 11.0 Å². The first kappa shape index (κ1) is 14.5. The van der Waals surface area contributed by atoms with Crippen LogP contribution in [-0.2, 0) is 0 Å². The second-order valence-electron chi connectivity index (χ2n) is 4.05. The van der Waals surface area contributed by atoms with Gasteiger partial charge >= 0.3 is 0 Å². The van der Waals surface area contributed by atoms with Gasteiger partial charge in [-0.25, -0.2) is 0 Å². The molecule has 0 saturated heterocycles. The highest BCUT2D eigenvalue weighted by Gasteiger charge is 2.18. The highest BCUT2D eigenvalue weighted by molar-refractivity contribution is 7.99. The number of benzene rings is 1. The molecule has 0 heterocycles. The Morgan fingerprint density at radius 3 is 2.47 bits per heavy atom. The molecule has 0 saturated carbocycles. The van der Waals surface area contributed by atoms with Gasteiger partial charge in [0.25, 0.3) is 0 Å². The second-order valence-corrected chi connectivity index (χ2v) is 5.46. The highest BCUT2D eigenvalue weighted by Crippen LogP contribution is 2.26. The first-order valence-electron chi connectivity index (χ1n) is 5.81. The molecule has 0 fully saturated rings. The van der Waals surface area contributed by atoms with Gasteiger partial charge in [-0.2, -0.15) is 11.8 Å². The molecule has 4 heteroatoms. The summed E-state index contributed by atoms with van der Waals surface area (Å²) in [5, 5.41) is 21.8. The standard InChI is InChI=1S/C13H21NO2S/c1-10(17-9-12(16)8-15)13(14-2)11-6-4-3-5-7-11/h3-7,10,12-16H,8-9H2,1-2H3. The van der Waals surface area contributed by atoms with Gasteiger partial charge in [-0.3, -0.25) is 0 Å². The van der Waals surface area contributed by atoms with Crippen LogP contribution in [0.1, 0.15) is 18.5 Å². The van der Waals surface area contributed by atoms with Crippen molar-refractivity contribution in [1.82, 2.24) is 5.32 Å². The average Bonchev–Trinajstić information content (AvgIpc) is 2.38. The van der Waals surface area contributed by atoms with Gasteiger partial charge in [-0.05, 0) is 12.6 Å². The van der Waals surface area contributed by atoms with E-state index in [0.717, 1.165) is 0 Å². The Morgan fingerprint density at radius 1 is 1.29 bits per heavy atom. The van der Waals surface area contributed by atoms with Gasteiger partial charge in [0, 0.05) is 17.0 Å². The number of thioether (sulfide) groups is 1. The van der Waals surface area contributed by atoms with Gasteiger partial charge in [0.1, 0.15) is 0 Å². The van der Waals surface area contributed by atoms with Crippen LogP contribution in [0.15, 0.2) is 30.3 Å². The third-order valence-corrected chi connectivity index (χ3v) is 4.08. The van der Waals surface area contributed by atoms with Crippen molar-refractivity contribution >= 4 is 11.8 Å². The Kier molecular flexibility index (Phi) is 6.58. The second kappa shape index (κ2) is 7.71. The molecule has 1 aromatic carbocycles. The van der Waals surface area contributed by atoms with Crippen LogP contribution in [0.25, 0.3) is 0 Å². The zero-order chi connectivity index (χ0) is 12.7. The summed E-state index contributed by atoms with van der Waals surface area (Å²) < 4.78 is 0. The van der Waals surface area contributed by atoms with Crippen LogP contribution in [0, 0.1) is 0 Å². The van der Waals surface area contributed by atoms with Crippen molar-refractivity contribution in [2.45, 2.75) is 24.3 Å². The molecule has 0 amide bonds. The number of hydrogen-bond donors (Lipinski definition) is 3. The fourth-order valence-electron chi connectivity index (χ4n) is 1.74. The molecule has 0 aliphatic heterocycles. The van der Waals surface area contributed by atoms with Crippen molar-refractivity contribution in [2.75, 3.05) is 19.4 Å². The fraction of sp³-hybridized carbons (Fsp3) is 0.538. The van der Waals surface area contributed by atoms with Gasteiger partial charge in [0.15, 0.2) is 0 Å². The Bertz CT molecular complexity index is 308. The van der Waals surface area contributed by atoms with Crippen molar-refractivity contribution in [1.29, 1.82) is 0 Å². The molecule has 3 nitrogen and oxygen atoms in total. The third-order valence-electron chi connectivity index (χ3n) is 2.70. The molecular weight excluding hydrogens is 234 g/mol. The normalized spacial score (nSPS) is 16.5. The molecule has 17 heavy (non-hydrogen) atoms. The van der Waals surface area contributed by atoms with E-state index < -0.39 is 6.10 Å². The molecule has 96 valence electrons. The maximum Gasteiger partial charge on any atom is 0.0861 e. The van der Waals surface area contributed by atoms with Crippen molar-refractivity contribution in [3.05, 3.63) is 35.9 Å². The molecular formula is C13H21NO2S. The monoisotopic (exact) mass is 255 g/mol. The summed E-state index contributed by atoms with van der Waals surface area (Å²) >= 11 is 1.66. The molecule has 3 unspecified atom stereocenters. The molecule has 0 aromatic heterocycles. The lowest BCUT2D eigenvalue weighted by Crippen LogP contribution is -2.27. The minimum Gasteiger partial charge on any atom is -0.394 e. The quantitative estimate of drug-likeness (QED) is 0.690. The average molecular weight is 255 g/mol. The Balaban J connectivity index is 2.56. The molecule has 0 radical (unpaired) electrons. The van der Waals surface area contributed by atoms with Crippen LogP contribution in [0.2, 0.25) is 0 Å². The van der Waals surface area contributed by atoms with Crippen LogP contribution in [0.4, 0.5) is 0 Å². The van der Waals surface area contributed by atoms with Gasteiger partial charge < -0.3 is 15.5 Å². The molecule has 3 N–H and O–H groups in total. The Hall–Kier alpha value is -0.550. The van der Waals surface area contributed by atoms with Crippen molar-refractivity contribution < 1.29 is 10.2 Å². The predicted octanol–water partition coefficient (Wildman–Crippen LogP) is 1.42. The topological polar surface area (TPSA) is 52.5 Å². The molecule has 0 bridgehead atoms. The van der Waals surface area contributed by atoms with Crippen LogP contribution in [-0.4, -0.2) is 41.0 Å². The third kappa shape index (κ3) is 4.68. The smallest absolute Gasteiger partial charge is 0.0861 e. The summed E-state index contributed by atoms with van der Waals surface area (Å²) in [6, 6.07) is 10.5. The van der Waals surface area contributed by atoms with E-state index in [9.17, 15) is 5.11 Å². The van der Waals surface area contributed by atoms with Crippen LogP contribution < -0.4 is 5.32 Å². The van der Waals surface area contributed by atoms with E-state index in [1.54, 1.807) is 11.8 Å². The summed E-state index contributed by atoms with van der Waals surface area (Å²) in [6.45, 7) is 1.96.